The van der Waals surface area contributed by atoms with Gasteiger partial charge in [0.05, 0.1) is 42.8 Å². The molecule has 2 aromatic carbocycles. The average Bonchev–Trinajstić information content (AvgIpc) is 3.02. The van der Waals surface area contributed by atoms with Gasteiger partial charge in [0.1, 0.15) is 17.7 Å². The molecule has 2 heterocycles. The smallest absolute Gasteiger partial charge is 0.416 e. The SMILES string of the molecule is CCCOc1cc(C(F)(F)F)ccc1C1=NCC2N(CC)N=C(N)N2c2cc(Br)cc(OC)c21.Cl. The van der Waals surface area contributed by atoms with Crippen LogP contribution in [-0.4, -0.2) is 49.7 Å². The molecule has 35 heavy (non-hydrogen) atoms. The summed E-state index contributed by atoms with van der Waals surface area (Å²) in [6.45, 7) is 5.02. The average molecular weight is 577 g/mol. The Morgan fingerprint density at radius 2 is 1.91 bits per heavy atom. The van der Waals surface area contributed by atoms with Crippen LogP contribution >= 0.6 is 28.3 Å². The van der Waals surface area contributed by atoms with Crippen molar-refractivity contribution < 1.29 is 22.6 Å². The molecule has 2 aliphatic rings. The van der Waals surface area contributed by atoms with Crippen LogP contribution in [0.4, 0.5) is 18.9 Å². The Hall–Kier alpha value is -2.66. The summed E-state index contributed by atoms with van der Waals surface area (Å²) < 4.78 is 52.6. The van der Waals surface area contributed by atoms with Crippen LogP contribution in [-0.2, 0) is 6.18 Å². The van der Waals surface area contributed by atoms with Crippen molar-refractivity contribution in [2.75, 3.05) is 31.7 Å². The van der Waals surface area contributed by atoms with Crippen LogP contribution in [0.2, 0.25) is 0 Å². The highest BCUT2D eigenvalue weighted by molar-refractivity contribution is 9.10. The number of aliphatic imine (C=N–C) groups is 1. The predicted octanol–water partition coefficient (Wildman–Crippen LogP) is 5.24. The number of halogens is 5. The van der Waals surface area contributed by atoms with E-state index < -0.39 is 11.7 Å². The number of guanidine groups is 1. The molecular weight excluding hydrogens is 551 g/mol. The molecule has 12 heteroatoms. The van der Waals surface area contributed by atoms with Crippen LogP contribution in [0.5, 0.6) is 11.5 Å². The van der Waals surface area contributed by atoms with Crippen molar-refractivity contribution in [2.45, 2.75) is 32.6 Å². The first kappa shape index (κ1) is 26.9. The van der Waals surface area contributed by atoms with Gasteiger partial charge in [0, 0.05) is 16.6 Å². The minimum atomic E-state index is -4.50. The largest absolute Gasteiger partial charge is 0.496 e. The first-order valence-corrected chi connectivity index (χ1v) is 11.7. The van der Waals surface area contributed by atoms with Crippen LogP contribution in [0.15, 0.2) is 44.9 Å². The molecule has 0 radical (unpaired) electrons. The molecule has 0 aliphatic carbocycles. The Morgan fingerprint density at radius 3 is 2.54 bits per heavy atom. The third-order valence-electron chi connectivity index (χ3n) is 5.64. The van der Waals surface area contributed by atoms with Crippen molar-refractivity contribution in [3.8, 4) is 11.5 Å². The third-order valence-corrected chi connectivity index (χ3v) is 6.10. The van der Waals surface area contributed by atoms with Gasteiger partial charge in [0.2, 0.25) is 5.96 Å². The van der Waals surface area contributed by atoms with Gasteiger partial charge in [-0.05, 0) is 43.7 Å². The number of hydrogen-bond acceptors (Lipinski definition) is 7. The topological polar surface area (TPSA) is 75.7 Å². The van der Waals surface area contributed by atoms with Gasteiger partial charge in [-0.3, -0.25) is 14.9 Å². The second-order valence-electron chi connectivity index (χ2n) is 7.81. The number of hydrazone groups is 1. The highest BCUT2D eigenvalue weighted by Gasteiger charge is 2.39. The first-order chi connectivity index (χ1) is 16.2. The summed E-state index contributed by atoms with van der Waals surface area (Å²) in [7, 11) is 1.53. The molecule has 0 saturated carbocycles. The lowest BCUT2D eigenvalue weighted by Gasteiger charge is -2.29. The van der Waals surface area contributed by atoms with Crippen molar-refractivity contribution in [3.63, 3.8) is 0 Å². The number of nitrogens with zero attached hydrogens (tertiary/aromatic N) is 4. The number of alkyl halides is 3. The Balaban J connectivity index is 0.00000342. The van der Waals surface area contributed by atoms with E-state index in [1.807, 2.05) is 29.8 Å². The molecule has 0 fully saturated rings. The van der Waals surface area contributed by atoms with E-state index in [9.17, 15) is 13.2 Å². The van der Waals surface area contributed by atoms with E-state index >= 15 is 0 Å². The molecule has 4 rings (SSSR count). The van der Waals surface area contributed by atoms with Gasteiger partial charge < -0.3 is 15.2 Å². The fourth-order valence-electron chi connectivity index (χ4n) is 4.13. The van der Waals surface area contributed by atoms with Crippen molar-refractivity contribution >= 4 is 45.7 Å². The van der Waals surface area contributed by atoms with Gasteiger partial charge in [0.15, 0.2) is 0 Å². The molecular formula is C23H26BrClF3N5O2. The van der Waals surface area contributed by atoms with Crippen LogP contribution in [0.25, 0.3) is 0 Å². The van der Waals surface area contributed by atoms with E-state index in [0.29, 0.717) is 47.2 Å². The van der Waals surface area contributed by atoms with E-state index in [2.05, 4.69) is 21.0 Å². The van der Waals surface area contributed by atoms with E-state index in [1.54, 1.807) is 6.07 Å². The van der Waals surface area contributed by atoms with E-state index in [1.165, 1.54) is 13.2 Å². The number of rotatable bonds is 6. The lowest BCUT2D eigenvalue weighted by atomic mass is 9.97. The van der Waals surface area contributed by atoms with E-state index in [0.717, 1.165) is 16.6 Å². The molecule has 2 aromatic rings. The predicted molar refractivity (Wildman–Crippen MR) is 136 cm³/mol. The van der Waals surface area contributed by atoms with E-state index in [-0.39, 0.29) is 37.5 Å². The van der Waals surface area contributed by atoms with Crippen molar-refractivity contribution in [2.24, 2.45) is 15.8 Å². The molecule has 2 N–H and O–H groups in total. The van der Waals surface area contributed by atoms with E-state index in [4.69, 9.17) is 20.2 Å². The number of benzene rings is 2. The van der Waals surface area contributed by atoms with Crippen LogP contribution in [0.3, 0.4) is 0 Å². The number of likely N-dealkylation sites (N-methyl/N-ethyl adjacent to an activating group) is 1. The zero-order valence-electron chi connectivity index (χ0n) is 19.4. The summed E-state index contributed by atoms with van der Waals surface area (Å²) in [4.78, 5) is 6.73. The molecule has 1 unspecified atom stereocenters. The molecule has 190 valence electrons. The first-order valence-electron chi connectivity index (χ1n) is 10.9. The molecule has 1 atom stereocenters. The molecule has 0 spiro atoms. The highest BCUT2D eigenvalue weighted by atomic mass is 79.9. The Kier molecular flexibility index (Phi) is 8.10. The van der Waals surface area contributed by atoms with Gasteiger partial charge in [-0.2, -0.15) is 13.2 Å². The second-order valence-corrected chi connectivity index (χ2v) is 8.73. The van der Waals surface area contributed by atoms with Crippen LogP contribution < -0.4 is 20.1 Å². The summed E-state index contributed by atoms with van der Waals surface area (Å²) in [5, 5.41) is 6.28. The molecule has 0 aromatic heterocycles. The summed E-state index contributed by atoms with van der Waals surface area (Å²) in [6, 6.07) is 7.14. The number of methoxy groups -OCH3 is 1. The molecule has 0 saturated heterocycles. The molecule has 0 amide bonds. The number of nitrogens with two attached hydrogens (primary N) is 1. The lowest BCUT2D eigenvalue weighted by Crippen LogP contribution is -2.46. The zero-order chi connectivity index (χ0) is 24.6. The zero-order valence-corrected chi connectivity index (χ0v) is 21.8. The lowest BCUT2D eigenvalue weighted by molar-refractivity contribution is -0.137. The van der Waals surface area contributed by atoms with Crippen LogP contribution in [0, 0.1) is 0 Å². The van der Waals surface area contributed by atoms with Gasteiger partial charge in [0.25, 0.3) is 0 Å². The van der Waals surface area contributed by atoms with Gasteiger partial charge in [-0.15, -0.1) is 17.5 Å². The Morgan fingerprint density at radius 1 is 1.17 bits per heavy atom. The monoisotopic (exact) mass is 575 g/mol. The van der Waals surface area contributed by atoms with Crippen LogP contribution in [0.1, 0.15) is 37.0 Å². The van der Waals surface area contributed by atoms with Gasteiger partial charge >= 0.3 is 6.18 Å². The Bertz CT molecular complexity index is 1160. The van der Waals surface area contributed by atoms with Gasteiger partial charge in [-0.1, -0.05) is 22.9 Å². The molecule has 0 bridgehead atoms. The maximum Gasteiger partial charge on any atom is 0.416 e. The highest BCUT2D eigenvalue weighted by Crippen LogP contribution is 2.42. The number of anilines is 1. The minimum absolute atomic E-state index is 0. The fourth-order valence-corrected chi connectivity index (χ4v) is 4.55. The number of ether oxygens (including phenoxy) is 2. The Labute approximate surface area is 216 Å². The number of hydrogen-bond donors (Lipinski definition) is 1. The summed E-state index contributed by atoms with van der Waals surface area (Å²) >= 11 is 3.52. The fraction of sp³-hybridized carbons (Fsp3) is 0.391. The normalized spacial score (nSPS) is 17.1. The summed E-state index contributed by atoms with van der Waals surface area (Å²) in [6.07, 6.45) is -4.14. The molecule has 7 nitrogen and oxygen atoms in total. The quantitative estimate of drug-likeness (QED) is 0.509. The maximum absolute atomic E-state index is 13.5. The standard InChI is InChI=1S/C23H25BrF3N5O2.ClH/c1-4-8-34-17-9-13(23(25,26)27)6-7-15(17)21-20-16(10-14(24)11-18(20)33-3)32-19(12-29-21)31(5-2)30-22(32)28;/h6-7,9-11,19H,4-5,8,12H2,1-3H3,(H2,28,30);1H. The maximum atomic E-state index is 13.5. The van der Waals surface area contributed by atoms with Gasteiger partial charge in [-0.25, -0.2) is 0 Å². The summed E-state index contributed by atoms with van der Waals surface area (Å²) in [5.41, 5.74) is 7.73. The second kappa shape index (κ2) is 10.5. The van der Waals surface area contributed by atoms with Crippen molar-refractivity contribution in [1.82, 2.24) is 5.01 Å². The minimum Gasteiger partial charge on any atom is -0.496 e. The third kappa shape index (κ3) is 5.02. The molecule has 2 aliphatic heterocycles. The number of fused-ring (bicyclic) bond motifs is 3. The van der Waals surface area contributed by atoms with Crippen molar-refractivity contribution in [3.05, 3.63) is 51.5 Å². The summed E-state index contributed by atoms with van der Waals surface area (Å²) in [5.74, 6) is 0.912. The van der Waals surface area contributed by atoms with Crippen molar-refractivity contribution in [1.29, 1.82) is 0 Å².